The fourth-order valence-corrected chi connectivity index (χ4v) is 1.41. The van der Waals surface area contributed by atoms with Gasteiger partial charge in [0.1, 0.15) is 11.2 Å². The van der Waals surface area contributed by atoms with Crippen molar-refractivity contribution in [3.63, 3.8) is 0 Å². The van der Waals surface area contributed by atoms with Gasteiger partial charge < -0.3 is 10.7 Å². The molecule has 1 aliphatic rings. The van der Waals surface area contributed by atoms with Gasteiger partial charge in [0.25, 0.3) is 5.91 Å². The highest BCUT2D eigenvalue weighted by molar-refractivity contribution is 5.92. The van der Waals surface area contributed by atoms with E-state index in [1.54, 1.807) is 0 Å². The average Bonchev–Trinajstić information content (AvgIpc) is 3.09. The maximum atomic E-state index is 12.6. The van der Waals surface area contributed by atoms with Crippen LogP contribution in [0.1, 0.15) is 23.3 Å². The summed E-state index contributed by atoms with van der Waals surface area (Å²) >= 11 is 0. The molecule has 1 amide bonds. The lowest BCUT2D eigenvalue weighted by molar-refractivity contribution is -0.163. The molecular formula is C9H10F3N5O. The first-order chi connectivity index (χ1) is 8.38. The van der Waals surface area contributed by atoms with Crippen LogP contribution in [0.15, 0.2) is 12.4 Å². The Labute approximate surface area is 99.8 Å². The number of nitrogen functional groups attached to an aromatic ring is 1. The molecule has 1 aromatic heterocycles. The lowest BCUT2D eigenvalue weighted by atomic mass is 10.2. The molecule has 0 unspecified atom stereocenters. The number of aromatic nitrogens is 2. The van der Waals surface area contributed by atoms with E-state index in [0.29, 0.717) is 0 Å². The number of nitrogens with zero attached hydrogens (tertiary/aromatic N) is 2. The quantitative estimate of drug-likeness (QED) is 0.547. The SMILES string of the molecule is NNc1cnc(C(=O)NC2(C(F)(F)F)CC2)cn1. The van der Waals surface area contributed by atoms with Crippen LogP contribution in [0.2, 0.25) is 0 Å². The molecule has 2 rings (SSSR count). The summed E-state index contributed by atoms with van der Waals surface area (Å²) in [4.78, 5) is 18.9. The molecule has 18 heavy (non-hydrogen) atoms. The first kappa shape index (κ1) is 12.6. The molecule has 0 aromatic carbocycles. The van der Waals surface area contributed by atoms with Gasteiger partial charge in [-0.2, -0.15) is 13.2 Å². The van der Waals surface area contributed by atoms with Crippen molar-refractivity contribution in [3.05, 3.63) is 18.1 Å². The fourth-order valence-electron chi connectivity index (χ4n) is 1.41. The Balaban J connectivity index is 2.08. The lowest BCUT2D eigenvalue weighted by Gasteiger charge is -2.20. The summed E-state index contributed by atoms with van der Waals surface area (Å²) in [6.07, 6.45) is -2.47. The smallest absolute Gasteiger partial charge is 0.336 e. The molecule has 0 atom stereocenters. The number of hydrazine groups is 1. The number of hydrogen-bond donors (Lipinski definition) is 3. The third-order valence-electron chi connectivity index (χ3n) is 2.68. The third kappa shape index (κ3) is 2.21. The minimum atomic E-state index is -4.45. The van der Waals surface area contributed by atoms with E-state index >= 15 is 0 Å². The van der Waals surface area contributed by atoms with Gasteiger partial charge in [0.15, 0.2) is 5.82 Å². The van der Waals surface area contributed by atoms with Crippen LogP contribution in [0.5, 0.6) is 0 Å². The Morgan fingerprint density at radius 2 is 2.00 bits per heavy atom. The zero-order valence-corrected chi connectivity index (χ0v) is 9.08. The van der Waals surface area contributed by atoms with E-state index in [1.165, 1.54) is 0 Å². The summed E-state index contributed by atoms with van der Waals surface area (Å²) < 4.78 is 37.8. The van der Waals surface area contributed by atoms with Crippen molar-refractivity contribution < 1.29 is 18.0 Å². The second kappa shape index (κ2) is 4.09. The molecular weight excluding hydrogens is 251 g/mol. The Morgan fingerprint density at radius 3 is 2.39 bits per heavy atom. The topological polar surface area (TPSA) is 92.9 Å². The van der Waals surface area contributed by atoms with Gasteiger partial charge in [-0.15, -0.1) is 0 Å². The minimum absolute atomic E-state index is 0.113. The second-order valence-corrected chi connectivity index (χ2v) is 3.97. The van der Waals surface area contributed by atoms with Crippen LogP contribution in [-0.2, 0) is 0 Å². The van der Waals surface area contributed by atoms with Gasteiger partial charge in [-0.25, -0.2) is 15.8 Å². The number of alkyl halides is 3. The molecule has 0 bridgehead atoms. The van der Waals surface area contributed by atoms with E-state index in [1.807, 2.05) is 5.32 Å². The van der Waals surface area contributed by atoms with Gasteiger partial charge in [0, 0.05) is 0 Å². The van der Waals surface area contributed by atoms with Crippen LogP contribution in [0, 0.1) is 0 Å². The summed E-state index contributed by atoms with van der Waals surface area (Å²) in [5, 5.41) is 1.94. The maximum absolute atomic E-state index is 12.6. The molecule has 6 nitrogen and oxygen atoms in total. The van der Waals surface area contributed by atoms with Gasteiger partial charge >= 0.3 is 6.18 Å². The standard InChI is InChI=1S/C9H10F3N5O/c10-9(11,12)8(1-2-8)16-7(18)5-3-15-6(17-13)4-14-5/h3-4H,1-2,13H2,(H,15,17)(H,16,18). The number of rotatable bonds is 3. The van der Waals surface area contributed by atoms with Crippen LogP contribution < -0.4 is 16.6 Å². The van der Waals surface area contributed by atoms with Crippen molar-refractivity contribution in [1.29, 1.82) is 0 Å². The Morgan fingerprint density at radius 1 is 1.33 bits per heavy atom. The lowest BCUT2D eigenvalue weighted by Crippen LogP contribution is -2.48. The fraction of sp³-hybridized carbons (Fsp3) is 0.444. The van der Waals surface area contributed by atoms with Crippen LogP contribution >= 0.6 is 0 Å². The number of carbonyl (C=O) groups excluding carboxylic acids is 1. The van der Waals surface area contributed by atoms with Crippen molar-refractivity contribution in [2.45, 2.75) is 24.6 Å². The Hall–Kier alpha value is -1.90. The number of carbonyl (C=O) groups is 1. The maximum Gasteiger partial charge on any atom is 0.411 e. The van der Waals surface area contributed by atoms with Crippen molar-refractivity contribution in [2.75, 3.05) is 5.43 Å². The molecule has 1 aliphatic carbocycles. The Bertz CT molecular complexity index is 454. The number of hydrogen-bond acceptors (Lipinski definition) is 5. The monoisotopic (exact) mass is 261 g/mol. The Kier molecular flexibility index (Phi) is 2.85. The second-order valence-electron chi connectivity index (χ2n) is 3.97. The molecule has 0 radical (unpaired) electrons. The van der Waals surface area contributed by atoms with E-state index < -0.39 is 17.6 Å². The molecule has 1 saturated carbocycles. The summed E-state index contributed by atoms with van der Waals surface area (Å²) in [6, 6.07) is 0. The highest BCUT2D eigenvalue weighted by Crippen LogP contribution is 2.48. The van der Waals surface area contributed by atoms with Crippen LogP contribution in [0.4, 0.5) is 19.0 Å². The van der Waals surface area contributed by atoms with Crippen molar-refractivity contribution >= 4 is 11.7 Å². The number of nitrogens with two attached hydrogens (primary N) is 1. The highest BCUT2D eigenvalue weighted by Gasteiger charge is 2.64. The van der Waals surface area contributed by atoms with E-state index in [2.05, 4.69) is 15.4 Å². The summed E-state index contributed by atoms with van der Waals surface area (Å²) in [5.74, 6) is 4.35. The van der Waals surface area contributed by atoms with Gasteiger partial charge in [-0.3, -0.25) is 4.79 Å². The first-order valence-electron chi connectivity index (χ1n) is 5.06. The van der Waals surface area contributed by atoms with Gasteiger partial charge in [-0.1, -0.05) is 0 Å². The molecule has 9 heteroatoms. The molecule has 0 aliphatic heterocycles. The van der Waals surface area contributed by atoms with Crippen molar-refractivity contribution in [2.24, 2.45) is 5.84 Å². The number of amides is 1. The molecule has 98 valence electrons. The molecule has 1 fully saturated rings. The molecule has 1 heterocycles. The van der Waals surface area contributed by atoms with Gasteiger partial charge in [-0.05, 0) is 12.8 Å². The summed E-state index contributed by atoms with van der Waals surface area (Å²) in [5.41, 5.74) is -0.0983. The van der Waals surface area contributed by atoms with Crippen molar-refractivity contribution in [3.8, 4) is 0 Å². The predicted octanol–water partition coefficient (Wildman–Crippen LogP) is 0.587. The van der Waals surface area contributed by atoms with Crippen LogP contribution in [0.3, 0.4) is 0 Å². The zero-order valence-electron chi connectivity index (χ0n) is 9.08. The average molecular weight is 261 g/mol. The third-order valence-corrected chi connectivity index (χ3v) is 2.68. The largest absolute Gasteiger partial charge is 0.411 e. The molecule has 1 aromatic rings. The van der Waals surface area contributed by atoms with Crippen LogP contribution in [-0.4, -0.2) is 27.6 Å². The number of halogens is 3. The van der Waals surface area contributed by atoms with Crippen LogP contribution in [0.25, 0.3) is 0 Å². The highest BCUT2D eigenvalue weighted by atomic mass is 19.4. The predicted molar refractivity (Wildman–Crippen MR) is 55.3 cm³/mol. The summed E-state index contributed by atoms with van der Waals surface area (Å²) in [7, 11) is 0. The first-order valence-corrected chi connectivity index (χ1v) is 5.06. The van der Waals surface area contributed by atoms with E-state index in [4.69, 9.17) is 5.84 Å². The molecule has 0 spiro atoms. The number of nitrogens with one attached hydrogen (secondary N) is 2. The minimum Gasteiger partial charge on any atom is -0.336 e. The summed E-state index contributed by atoms with van der Waals surface area (Å²) in [6.45, 7) is 0. The van der Waals surface area contributed by atoms with Crippen molar-refractivity contribution in [1.82, 2.24) is 15.3 Å². The molecule has 4 N–H and O–H groups in total. The van der Waals surface area contributed by atoms with Gasteiger partial charge in [0.2, 0.25) is 0 Å². The normalized spacial score (nSPS) is 17.1. The molecule has 0 saturated heterocycles. The number of anilines is 1. The van der Waals surface area contributed by atoms with E-state index in [0.717, 1.165) is 12.4 Å². The van der Waals surface area contributed by atoms with E-state index in [-0.39, 0.29) is 24.4 Å². The van der Waals surface area contributed by atoms with Gasteiger partial charge in [0.05, 0.1) is 12.4 Å². The zero-order chi connectivity index (χ0) is 13.4. The van der Waals surface area contributed by atoms with E-state index in [9.17, 15) is 18.0 Å².